The molecule has 5 nitrogen and oxygen atoms in total. The summed E-state index contributed by atoms with van der Waals surface area (Å²) in [4.78, 5) is 18.9. The average Bonchev–Trinajstić information content (AvgIpc) is 2.39. The second-order valence-corrected chi connectivity index (χ2v) is 5.65. The third-order valence-corrected chi connectivity index (χ3v) is 3.79. The third kappa shape index (κ3) is 3.80. The van der Waals surface area contributed by atoms with Gasteiger partial charge >= 0.3 is 0 Å². The van der Waals surface area contributed by atoms with Crippen molar-refractivity contribution in [3.05, 3.63) is 22.2 Å². The zero-order valence-electron chi connectivity index (χ0n) is 12.0. The van der Waals surface area contributed by atoms with Gasteiger partial charge in [0.2, 0.25) is 0 Å². The molecule has 1 saturated carbocycles. The van der Waals surface area contributed by atoms with Crippen LogP contribution < -0.4 is 16.2 Å². The Morgan fingerprint density at radius 3 is 2.47 bits per heavy atom. The van der Waals surface area contributed by atoms with Crippen LogP contribution in [-0.2, 0) is 0 Å². The van der Waals surface area contributed by atoms with Gasteiger partial charge in [0.25, 0.3) is 5.56 Å². The molecule has 1 aliphatic rings. The maximum Gasteiger partial charge on any atom is 0.252 e. The monoisotopic (exact) mass is 264 g/mol. The predicted octanol–water partition coefficient (Wildman–Crippen LogP) is 1.84. The molecule has 19 heavy (non-hydrogen) atoms. The Hall–Kier alpha value is -1.36. The van der Waals surface area contributed by atoms with Crippen LogP contribution in [0.5, 0.6) is 0 Å². The van der Waals surface area contributed by atoms with E-state index in [0.29, 0.717) is 17.9 Å². The predicted molar refractivity (Wildman–Crippen MR) is 77.7 cm³/mol. The van der Waals surface area contributed by atoms with Crippen LogP contribution in [0.4, 0.5) is 5.82 Å². The highest BCUT2D eigenvalue weighted by Gasteiger charge is 2.20. The van der Waals surface area contributed by atoms with Gasteiger partial charge < -0.3 is 15.6 Å². The van der Waals surface area contributed by atoms with Gasteiger partial charge in [-0.05, 0) is 32.7 Å². The smallest absolute Gasteiger partial charge is 0.252 e. The van der Waals surface area contributed by atoms with Gasteiger partial charge in [-0.2, -0.15) is 0 Å². The van der Waals surface area contributed by atoms with Crippen LogP contribution >= 0.6 is 0 Å². The second kappa shape index (κ2) is 6.19. The first-order valence-electron chi connectivity index (χ1n) is 7.13. The van der Waals surface area contributed by atoms with Crippen LogP contribution in [0.25, 0.3) is 0 Å². The van der Waals surface area contributed by atoms with E-state index in [9.17, 15) is 4.79 Å². The maximum atomic E-state index is 11.6. The van der Waals surface area contributed by atoms with E-state index in [2.05, 4.69) is 20.6 Å². The lowest BCUT2D eigenvalue weighted by atomic mass is 9.91. The maximum absolute atomic E-state index is 11.6. The van der Waals surface area contributed by atoms with Gasteiger partial charge in [0, 0.05) is 24.1 Å². The number of nitrogens with zero attached hydrogens (tertiary/aromatic N) is 1. The van der Waals surface area contributed by atoms with E-state index in [1.54, 1.807) is 6.07 Å². The van der Waals surface area contributed by atoms with Crippen molar-refractivity contribution in [2.75, 3.05) is 12.4 Å². The molecule has 1 aromatic heterocycles. The average molecular weight is 264 g/mol. The zero-order valence-corrected chi connectivity index (χ0v) is 12.0. The number of H-pyrrole nitrogens is 1. The lowest BCUT2D eigenvalue weighted by Crippen LogP contribution is -2.35. The summed E-state index contributed by atoms with van der Waals surface area (Å²) < 4.78 is 0. The van der Waals surface area contributed by atoms with Crippen molar-refractivity contribution in [2.45, 2.75) is 57.5 Å². The van der Waals surface area contributed by atoms with E-state index in [1.165, 1.54) is 12.8 Å². The Balaban J connectivity index is 2.01. The molecule has 2 rings (SSSR count). The first-order valence-corrected chi connectivity index (χ1v) is 7.13. The Morgan fingerprint density at radius 2 is 1.89 bits per heavy atom. The third-order valence-electron chi connectivity index (χ3n) is 3.79. The number of hydrogen-bond donors (Lipinski definition) is 3. The topological polar surface area (TPSA) is 69.8 Å². The van der Waals surface area contributed by atoms with Crippen molar-refractivity contribution < 1.29 is 0 Å². The largest absolute Gasteiger partial charge is 0.367 e. The molecule has 0 spiro atoms. The van der Waals surface area contributed by atoms with Crippen LogP contribution in [0, 0.1) is 0 Å². The summed E-state index contributed by atoms with van der Waals surface area (Å²) in [7, 11) is 2.02. The molecular formula is C14H24N4O. The number of aromatic amines is 1. The summed E-state index contributed by atoms with van der Waals surface area (Å²) in [6.07, 6.45) is 4.59. The molecule has 0 amide bonds. The highest BCUT2D eigenvalue weighted by atomic mass is 16.1. The number of aromatic nitrogens is 2. The SMILES string of the molecule is CNC1CCC(Nc2cc(=O)[nH]c(C(C)C)n2)CC1. The summed E-state index contributed by atoms with van der Waals surface area (Å²) in [5.41, 5.74) is -0.0786. The van der Waals surface area contributed by atoms with E-state index in [0.717, 1.165) is 18.7 Å². The Kier molecular flexibility index (Phi) is 4.58. The molecule has 0 bridgehead atoms. The molecule has 0 aromatic carbocycles. The molecule has 1 fully saturated rings. The van der Waals surface area contributed by atoms with Gasteiger partial charge in [-0.3, -0.25) is 4.79 Å². The molecule has 1 aliphatic carbocycles. The summed E-state index contributed by atoms with van der Waals surface area (Å²) in [5.74, 6) is 1.69. The van der Waals surface area contributed by atoms with E-state index in [1.807, 2.05) is 20.9 Å². The standard InChI is InChI=1S/C14H24N4O/c1-9(2)14-17-12(8-13(19)18-14)16-11-6-4-10(15-3)5-7-11/h8-11,15H,4-7H2,1-3H3,(H2,16,17,18,19). The first-order chi connectivity index (χ1) is 9.08. The fourth-order valence-electron chi connectivity index (χ4n) is 2.56. The second-order valence-electron chi connectivity index (χ2n) is 5.65. The molecule has 0 saturated heterocycles. The fourth-order valence-corrected chi connectivity index (χ4v) is 2.56. The summed E-state index contributed by atoms with van der Waals surface area (Å²) >= 11 is 0. The van der Waals surface area contributed by atoms with E-state index in [-0.39, 0.29) is 11.5 Å². The van der Waals surface area contributed by atoms with E-state index >= 15 is 0 Å². The highest BCUT2D eigenvalue weighted by Crippen LogP contribution is 2.21. The molecular weight excluding hydrogens is 240 g/mol. The molecule has 0 radical (unpaired) electrons. The number of nitrogens with one attached hydrogen (secondary N) is 3. The summed E-state index contributed by atoms with van der Waals surface area (Å²) in [5, 5.41) is 6.73. The molecule has 5 heteroatoms. The lowest BCUT2D eigenvalue weighted by Gasteiger charge is -2.29. The van der Waals surface area contributed by atoms with Crippen molar-refractivity contribution in [3.8, 4) is 0 Å². The van der Waals surface area contributed by atoms with Gasteiger partial charge in [0.1, 0.15) is 11.6 Å². The van der Waals surface area contributed by atoms with Crippen molar-refractivity contribution in [1.29, 1.82) is 0 Å². The summed E-state index contributed by atoms with van der Waals surface area (Å²) in [6, 6.07) is 2.62. The number of rotatable bonds is 4. The minimum atomic E-state index is -0.0786. The van der Waals surface area contributed by atoms with Gasteiger partial charge in [0.05, 0.1) is 0 Å². The first kappa shape index (κ1) is 14.1. The van der Waals surface area contributed by atoms with Crippen molar-refractivity contribution in [2.24, 2.45) is 0 Å². The fraction of sp³-hybridized carbons (Fsp3) is 0.714. The molecule has 0 unspecified atom stereocenters. The van der Waals surface area contributed by atoms with Crippen LogP contribution in [0.3, 0.4) is 0 Å². The van der Waals surface area contributed by atoms with E-state index < -0.39 is 0 Å². The Bertz CT molecular complexity index is 461. The minimum Gasteiger partial charge on any atom is -0.367 e. The molecule has 0 atom stereocenters. The lowest BCUT2D eigenvalue weighted by molar-refractivity contribution is 0.371. The van der Waals surface area contributed by atoms with Gasteiger partial charge in [0.15, 0.2) is 0 Å². The van der Waals surface area contributed by atoms with Gasteiger partial charge in [-0.15, -0.1) is 0 Å². The minimum absolute atomic E-state index is 0.0786. The van der Waals surface area contributed by atoms with Crippen molar-refractivity contribution >= 4 is 5.82 Å². The normalized spacial score (nSPS) is 23.6. The molecule has 106 valence electrons. The van der Waals surface area contributed by atoms with Crippen LogP contribution in [0.1, 0.15) is 51.3 Å². The van der Waals surface area contributed by atoms with Gasteiger partial charge in [-0.1, -0.05) is 13.8 Å². The summed E-state index contributed by atoms with van der Waals surface area (Å²) in [6.45, 7) is 4.06. The van der Waals surface area contributed by atoms with Gasteiger partial charge in [-0.25, -0.2) is 4.98 Å². The number of hydrogen-bond acceptors (Lipinski definition) is 4. The number of anilines is 1. The molecule has 0 aliphatic heterocycles. The van der Waals surface area contributed by atoms with Crippen molar-refractivity contribution in [1.82, 2.24) is 15.3 Å². The Morgan fingerprint density at radius 1 is 1.26 bits per heavy atom. The Labute approximate surface area is 114 Å². The quantitative estimate of drug-likeness (QED) is 0.776. The van der Waals surface area contributed by atoms with Crippen LogP contribution in [0.2, 0.25) is 0 Å². The molecule has 3 N–H and O–H groups in total. The van der Waals surface area contributed by atoms with Crippen LogP contribution in [0.15, 0.2) is 10.9 Å². The zero-order chi connectivity index (χ0) is 13.8. The van der Waals surface area contributed by atoms with Crippen LogP contribution in [-0.4, -0.2) is 29.1 Å². The molecule has 1 aromatic rings. The molecule has 1 heterocycles. The van der Waals surface area contributed by atoms with E-state index in [4.69, 9.17) is 0 Å². The van der Waals surface area contributed by atoms with Crippen molar-refractivity contribution in [3.63, 3.8) is 0 Å². The highest BCUT2D eigenvalue weighted by molar-refractivity contribution is 5.34.